The van der Waals surface area contributed by atoms with Crippen molar-refractivity contribution in [3.05, 3.63) is 41.4 Å². The van der Waals surface area contributed by atoms with Gasteiger partial charge in [-0.1, -0.05) is 30.3 Å². The fourth-order valence-electron chi connectivity index (χ4n) is 2.71. The number of carbonyl (C=O) groups is 2. The first-order chi connectivity index (χ1) is 12.0. The van der Waals surface area contributed by atoms with Gasteiger partial charge in [-0.05, 0) is 7.05 Å². The minimum absolute atomic E-state index is 0.0116. The predicted molar refractivity (Wildman–Crippen MR) is 98.6 cm³/mol. The van der Waals surface area contributed by atoms with E-state index in [1.165, 1.54) is 16.2 Å². The number of piperazine rings is 1. The first kappa shape index (κ1) is 17.6. The topological polar surface area (TPSA) is 56.8 Å². The number of rotatable bonds is 4. The summed E-state index contributed by atoms with van der Waals surface area (Å²) in [5.74, 6) is -0.233. The Balaban J connectivity index is 1.61. The Morgan fingerprint density at radius 1 is 1.16 bits per heavy atom. The molecule has 132 valence electrons. The number of hydrogen-bond donors (Lipinski definition) is 0. The first-order valence-electron chi connectivity index (χ1n) is 8.27. The van der Waals surface area contributed by atoms with E-state index in [-0.39, 0.29) is 18.4 Å². The largest absolute Gasteiger partial charge is 0.339 e. The number of thiazole rings is 1. The van der Waals surface area contributed by atoms with Crippen molar-refractivity contribution in [1.82, 2.24) is 19.7 Å². The fraction of sp³-hybridized carbons (Fsp3) is 0.389. The van der Waals surface area contributed by atoms with Crippen molar-refractivity contribution < 1.29 is 9.59 Å². The van der Waals surface area contributed by atoms with Gasteiger partial charge in [0.25, 0.3) is 5.91 Å². The third-order valence-electron chi connectivity index (χ3n) is 4.32. The molecule has 0 N–H and O–H groups in total. The van der Waals surface area contributed by atoms with Gasteiger partial charge in [0.2, 0.25) is 5.91 Å². The number of hydrogen-bond acceptors (Lipinski definition) is 5. The van der Waals surface area contributed by atoms with Crippen molar-refractivity contribution in [2.24, 2.45) is 0 Å². The minimum atomic E-state index is -0.221. The van der Waals surface area contributed by atoms with Crippen LogP contribution in [0.5, 0.6) is 0 Å². The highest BCUT2D eigenvalue weighted by Gasteiger charge is 2.23. The predicted octanol–water partition coefficient (Wildman–Crippen LogP) is 1.66. The Bertz CT molecular complexity index is 739. The molecule has 1 saturated heterocycles. The van der Waals surface area contributed by atoms with Crippen molar-refractivity contribution in [2.45, 2.75) is 0 Å². The standard InChI is InChI=1S/C18H22N4O2S/c1-20-8-10-22(11-9-20)16(23)12-21(2)18(24)15-13-25-17(19-15)14-6-4-3-5-7-14/h3-7,13H,8-12H2,1-2H3. The monoisotopic (exact) mass is 358 g/mol. The summed E-state index contributed by atoms with van der Waals surface area (Å²) >= 11 is 1.44. The summed E-state index contributed by atoms with van der Waals surface area (Å²) in [6.45, 7) is 3.25. The maximum Gasteiger partial charge on any atom is 0.273 e. The van der Waals surface area contributed by atoms with Crippen LogP contribution in [0.2, 0.25) is 0 Å². The van der Waals surface area contributed by atoms with Crippen LogP contribution in [-0.4, -0.2) is 78.3 Å². The van der Waals surface area contributed by atoms with Crippen molar-refractivity contribution in [3.8, 4) is 10.6 Å². The Hall–Kier alpha value is -2.25. The van der Waals surface area contributed by atoms with Crippen molar-refractivity contribution >= 4 is 23.2 Å². The molecule has 0 spiro atoms. The second-order valence-electron chi connectivity index (χ2n) is 6.25. The number of carbonyl (C=O) groups excluding carboxylic acids is 2. The third-order valence-corrected chi connectivity index (χ3v) is 5.21. The average molecular weight is 358 g/mol. The van der Waals surface area contributed by atoms with Gasteiger partial charge < -0.3 is 14.7 Å². The Kier molecular flexibility index (Phi) is 5.45. The average Bonchev–Trinajstić information content (AvgIpc) is 3.12. The van der Waals surface area contributed by atoms with Gasteiger partial charge in [0.1, 0.15) is 10.7 Å². The van der Waals surface area contributed by atoms with Gasteiger partial charge in [-0.2, -0.15) is 0 Å². The zero-order chi connectivity index (χ0) is 17.8. The van der Waals surface area contributed by atoms with E-state index >= 15 is 0 Å². The molecule has 0 aliphatic carbocycles. The molecular weight excluding hydrogens is 336 g/mol. The molecule has 0 atom stereocenters. The summed E-state index contributed by atoms with van der Waals surface area (Å²) in [6.07, 6.45) is 0. The number of nitrogens with zero attached hydrogens (tertiary/aromatic N) is 4. The highest BCUT2D eigenvalue weighted by molar-refractivity contribution is 7.13. The quantitative estimate of drug-likeness (QED) is 0.834. The lowest BCUT2D eigenvalue weighted by Crippen LogP contribution is -2.50. The van der Waals surface area contributed by atoms with Crippen molar-refractivity contribution in [3.63, 3.8) is 0 Å². The highest BCUT2D eigenvalue weighted by Crippen LogP contribution is 2.23. The minimum Gasteiger partial charge on any atom is -0.339 e. The molecule has 0 radical (unpaired) electrons. The maximum absolute atomic E-state index is 12.6. The molecule has 2 aromatic rings. The SMILES string of the molecule is CN1CCN(C(=O)CN(C)C(=O)c2csc(-c3ccccc3)n2)CC1. The van der Waals surface area contributed by atoms with Gasteiger partial charge in [-0.25, -0.2) is 4.98 Å². The van der Waals surface area contributed by atoms with Gasteiger partial charge in [-0.15, -0.1) is 11.3 Å². The van der Waals surface area contributed by atoms with Crippen molar-refractivity contribution in [2.75, 3.05) is 46.8 Å². The van der Waals surface area contributed by atoms with Crippen LogP contribution in [0.3, 0.4) is 0 Å². The second-order valence-corrected chi connectivity index (χ2v) is 7.11. The molecule has 6 nitrogen and oxygen atoms in total. The van der Waals surface area contributed by atoms with Gasteiger partial charge in [-0.3, -0.25) is 9.59 Å². The molecule has 0 unspecified atom stereocenters. The molecule has 7 heteroatoms. The van der Waals surface area contributed by atoms with E-state index in [2.05, 4.69) is 9.88 Å². The van der Waals surface area contributed by atoms with E-state index in [9.17, 15) is 9.59 Å². The summed E-state index contributed by atoms with van der Waals surface area (Å²) in [7, 11) is 3.70. The van der Waals surface area contributed by atoms with E-state index in [1.807, 2.05) is 42.3 Å². The van der Waals surface area contributed by atoms with E-state index in [1.54, 1.807) is 12.4 Å². The van der Waals surface area contributed by atoms with Crippen LogP contribution in [0.25, 0.3) is 10.6 Å². The summed E-state index contributed by atoms with van der Waals surface area (Å²) < 4.78 is 0. The Morgan fingerprint density at radius 2 is 1.84 bits per heavy atom. The lowest BCUT2D eigenvalue weighted by molar-refractivity contribution is -0.133. The van der Waals surface area contributed by atoms with Crippen LogP contribution >= 0.6 is 11.3 Å². The Labute approximate surface area is 151 Å². The Morgan fingerprint density at radius 3 is 2.52 bits per heavy atom. The van der Waals surface area contributed by atoms with E-state index in [0.717, 1.165) is 23.7 Å². The summed E-state index contributed by atoms with van der Waals surface area (Å²) in [6, 6.07) is 9.76. The van der Waals surface area contributed by atoms with Crippen LogP contribution < -0.4 is 0 Å². The molecule has 0 bridgehead atoms. The summed E-state index contributed by atoms with van der Waals surface area (Å²) in [5, 5.41) is 2.56. The normalized spacial score (nSPS) is 15.2. The van der Waals surface area contributed by atoms with Crippen LogP contribution in [0.1, 0.15) is 10.5 Å². The fourth-order valence-corrected chi connectivity index (χ4v) is 3.51. The molecular formula is C18H22N4O2S. The molecule has 1 aliphatic rings. The van der Waals surface area contributed by atoms with E-state index in [0.29, 0.717) is 18.8 Å². The lowest BCUT2D eigenvalue weighted by atomic mass is 10.2. The number of aromatic nitrogens is 1. The highest BCUT2D eigenvalue weighted by atomic mass is 32.1. The van der Waals surface area contributed by atoms with Gasteiger partial charge in [0.05, 0.1) is 6.54 Å². The summed E-state index contributed by atoms with van der Waals surface area (Å²) in [5.41, 5.74) is 1.38. The lowest BCUT2D eigenvalue weighted by Gasteiger charge is -2.33. The van der Waals surface area contributed by atoms with Crippen LogP contribution in [0.4, 0.5) is 0 Å². The third kappa shape index (κ3) is 4.24. The smallest absolute Gasteiger partial charge is 0.273 e. The van der Waals surface area contributed by atoms with E-state index < -0.39 is 0 Å². The molecule has 2 amide bonds. The van der Waals surface area contributed by atoms with Gasteiger partial charge in [0.15, 0.2) is 0 Å². The molecule has 3 rings (SSSR count). The second kappa shape index (κ2) is 7.76. The van der Waals surface area contributed by atoms with Crippen LogP contribution in [0, 0.1) is 0 Å². The molecule has 1 aromatic carbocycles. The molecule has 2 heterocycles. The molecule has 1 fully saturated rings. The number of amides is 2. The van der Waals surface area contributed by atoms with Crippen LogP contribution in [0.15, 0.2) is 35.7 Å². The zero-order valence-electron chi connectivity index (χ0n) is 14.5. The maximum atomic E-state index is 12.6. The van der Waals surface area contributed by atoms with Gasteiger partial charge in [0, 0.05) is 44.2 Å². The first-order valence-corrected chi connectivity index (χ1v) is 9.15. The zero-order valence-corrected chi connectivity index (χ0v) is 15.3. The molecule has 25 heavy (non-hydrogen) atoms. The molecule has 1 aromatic heterocycles. The number of likely N-dealkylation sites (N-methyl/N-ethyl adjacent to an activating group) is 2. The van der Waals surface area contributed by atoms with E-state index in [4.69, 9.17) is 0 Å². The van der Waals surface area contributed by atoms with Crippen LogP contribution in [-0.2, 0) is 4.79 Å². The number of benzene rings is 1. The summed E-state index contributed by atoms with van der Waals surface area (Å²) in [4.78, 5) is 34.8. The molecule has 1 aliphatic heterocycles. The van der Waals surface area contributed by atoms with Gasteiger partial charge >= 0.3 is 0 Å². The van der Waals surface area contributed by atoms with Crippen molar-refractivity contribution in [1.29, 1.82) is 0 Å². The molecule has 0 saturated carbocycles.